The number of hydrogen-bond acceptors (Lipinski definition) is 5. The van der Waals surface area contributed by atoms with Crippen LogP contribution in [0.25, 0.3) is 0 Å². The predicted molar refractivity (Wildman–Crippen MR) is 79.8 cm³/mol. The molecule has 0 amide bonds. The fraction of sp³-hybridized carbons (Fsp3) is 0.333. The Hall–Kier alpha value is -2.02. The van der Waals surface area contributed by atoms with Crippen molar-refractivity contribution in [1.82, 2.24) is 9.97 Å². The molecule has 0 fully saturated rings. The topological polar surface area (TPSA) is 69.2 Å². The first-order valence-corrected chi connectivity index (χ1v) is 8.41. The van der Waals surface area contributed by atoms with Gasteiger partial charge in [0.15, 0.2) is 0 Å². The maximum absolute atomic E-state index is 12.9. The molecule has 118 valence electrons. The molecule has 7 heteroatoms. The first-order chi connectivity index (χ1) is 10.3. The largest absolute Gasteiger partial charge is 0.475 e. The number of benzene rings is 1. The van der Waals surface area contributed by atoms with E-state index >= 15 is 0 Å². The molecule has 5 nitrogen and oxygen atoms in total. The van der Waals surface area contributed by atoms with Crippen LogP contribution in [0.4, 0.5) is 4.39 Å². The lowest BCUT2D eigenvalue weighted by Gasteiger charge is -2.11. The summed E-state index contributed by atoms with van der Waals surface area (Å²) in [5, 5.41) is -0.285. The average molecular weight is 324 g/mol. The molecular weight excluding hydrogens is 307 g/mol. The number of ether oxygens (including phenoxy) is 1. The molecule has 2 aromatic rings. The minimum absolute atomic E-state index is 0.123. The van der Waals surface area contributed by atoms with Gasteiger partial charge in [0.2, 0.25) is 15.7 Å². The smallest absolute Gasteiger partial charge is 0.250 e. The van der Waals surface area contributed by atoms with Gasteiger partial charge in [-0.25, -0.2) is 17.8 Å². The molecule has 22 heavy (non-hydrogen) atoms. The van der Waals surface area contributed by atoms with Gasteiger partial charge >= 0.3 is 0 Å². The Bertz CT molecular complexity index is 759. The number of rotatable bonds is 5. The molecule has 0 aliphatic rings. The summed E-state index contributed by atoms with van der Waals surface area (Å²) < 4.78 is 43.1. The number of aromatic nitrogens is 2. The Morgan fingerprint density at radius 2 is 1.82 bits per heavy atom. The van der Waals surface area contributed by atoms with E-state index in [2.05, 4.69) is 9.97 Å². The summed E-state index contributed by atoms with van der Waals surface area (Å²) in [6.45, 7) is 5.32. The molecule has 0 N–H and O–H groups in total. The van der Waals surface area contributed by atoms with E-state index in [9.17, 15) is 12.8 Å². The quantitative estimate of drug-likeness (QED) is 0.791. The zero-order chi connectivity index (χ0) is 16.3. The number of sulfone groups is 1. The summed E-state index contributed by atoms with van der Waals surface area (Å²) in [6.07, 6.45) is -0.123. The van der Waals surface area contributed by atoms with Gasteiger partial charge in [-0.3, -0.25) is 0 Å². The van der Waals surface area contributed by atoms with Crippen LogP contribution in [0.1, 0.15) is 25.1 Å². The van der Waals surface area contributed by atoms with Gasteiger partial charge in [0.25, 0.3) is 5.16 Å². The molecule has 0 bridgehead atoms. The van der Waals surface area contributed by atoms with E-state index in [-0.39, 0.29) is 22.9 Å². The second-order valence-electron chi connectivity index (χ2n) is 5.18. The van der Waals surface area contributed by atoms with Gasteiger partial charge in [-0.1, -0.05) is 12.1 Å². The Morgan fingerprint density at radius 1 is 1.18 bits per heavy atom. The molecule has 0 saturated heterocycles. The number of halogens is 1. The number of nitrogens with zero attached hydrogens (tertiary/aromatic N) is 2. The molecule has 0 saturated carbocycles. The van der Waals surface area contributed by atoms with Crippen LogP contribution in [-0.4, -0.2) is 24.5 Å². The first-order valence-electron chi connectivity index (χ1n) is 6.76. The van der Waals surface area contributed by atoms with Gasteiger partial charge in [-0.05, 0) is 38.5 Å². The van der Waals surface area contributed by atoms with Crippen LogP contribution in [0.5, 0.6) is 5.88 Å². The van der Waals surface area contributed by atoms with E-state index in [1.54, 1.807) is 13.0 Å². The lowest BCUT2D eigenvalue weighted by atomic mass is 10.2. The highest BCUT2D eigenvalue weighted by Gasteiger charge is 2.21. The first kappa shape index (κ1) is 16.4. The van der Waals surface area contributed by atoms with E-state index in [1.807, 2.05) is 13.8 Å². The minimum atomic E-state index is -3.73. The van der Waals surface area contributed by atoms with Crippen molar-refractivity contribution in [2.24, 2.45) is 0 Å². The Labute approximate surface area is 129 Å². The lowest BCUT2D eigenvalue weighted by Crippen LogP contribution is -2.13. The summed E-state index contributed by atoms with van der Waals surface area (Å²) in [5.41, 5.74) is 0.973. The average Bonchev–Trinajstić information content (AvgIpc) is 2.40. The molecule has 1 aromatic carbocycles. The van der Waals surface area contributed by atoms with Crippen molar-refractivity contribution in [3.8, 4) is 5.88 Å². The fourth-order valence-electron chi connectivity index (χ4n) is 1.82. The highest BCUT2D eigenvalue weighted by molar-refractivity contribution is 7.90. The summed E-state index contributed by atoms with van der Waals surface area (Å²) in [6, 6.07) is 6.86. The monoisotopic (exact) mass is 324 g/mol. The van der Waals surface area contributed by atoms with Gasteiger partial charge in [0.1, 0.15) is 5.82 Å². The van der Waals surface area contributed by atoms with Crippen LogP contribution >= 0.6 is 0 Å². The van der Waals surface area contributed by atoms with Gasteiger partial charge < -0.3 is 4.74 Å². The van der Waals surface area contributed by atoms with Gasteiger partial charge in [-0.2, -0.15) is 4.98 Å². The van der Waals surface area contributed by atoms with Crippen LogP contribution < -0.4 is 4.74 Å². The molecule has 0 atom stereocenters. The maximum atomic E-state index is 12.9. The summed E-state index contributed by atoms with van der Waals surface area (Å²) in [5.74, 6) is -0.488. The third-order valence-corrected chi connectivity index (χ3v) is 4.17. The highest BCUT2D eigenvalue weighted by Crippen LogP contribution is 2.18. The van der Waals surface area contributed by atoms with Gasteiger partial charge in [0.05, 0.1) is 11.9 Å². The lowest BCUT2D eigenvalue weighted by molar-refractivity contribution is 0.229. The minimum Gasteiger partial charge on any atom is -0.475 e. The second kappa shape index (κ2) is 6.39. The van der Waals surface area contributed by atoms with Crippen molar-refractivity contribution in [3.05, 3.63) is 47.4 Å². The molecule has 1 heterocycles. The molecule has 0 radical (unpaired) electrons. The molecule has 0 aliphatic carbocycles. The Kier molecular flexibility index (Phi) is 4.75. The highest BCUT2D eigenvalue weighted by atomic mass is 32.2. The SMILES string of the molecule is Cc1cc(OC(C)C)nc(S(=O)(=O)Cc2ccc(F)cc2)n1. The van der Waals surface area contributed by atoms with Crippen LogP contribution in [0.3, 0.4) is 0 Å². The number of aryl methyl sites for hydroxylation is 1. The van der Waals surface area contributed by atoms with Crippen molar-refractivity contribution in [3.63, 3.8) is 0 Å². The second-order valence-corrected chi connectivity index (χ2v) is 7.07. The van der Waals surface area contributed by atoms with Gasteiger partial charge in [0, 0.05) is 11.8 Å². The Morgan fingerprint density at radius 3 is 2.41 bits per heavy atom. The van der Waals surface area contributed by atoms with Crippen molar-refractivity contribution >= 4 is 9.84 Å². The maximum Gasteiger partial charge on any atom is 0.250 e. The molecule has 0 aliphatic heterocycles. The van der Waals surface area contributed by atoms with Crippen molar-refractivity contribution < 1.29 is 17.5 Å². The molecule has 0 spiro atoms. The van der Waals surface area contributed by atoms with Gasteiger partial charge in [-0.15, -0.1) is 0 Å². The molecule has 0 unspecified atom stereocenters. The van der Waals surface area contributed by atoms with Crippen LogP contribution in [0.15, 0.2) is 35.5 Å². The zero-order valence-electron chi connectivity index (χ0n) is 12.6. The standard InChI is InChI=1S/C15H17FN2O3S/c1-10(2)21-14-8-11(3)17-15(18-14)22(19,20)9-12-4-6-13(16)7-5-12/h4-8,10H,9H2,1-3H3. The molecular formula is C15H17FN2O3S. The Balaban J connectivity index is 2.32. The van der Waals surface area contributed by atoms with Crippen molar-refractivity contribution in [1.29, 1.82) is 0 Å². The summed E-state index contributed by atoms with van der Waals surface area (Å²) >= 11 is 0. The van der Waals surface area contributed by atoms with Crippen LogP contribution in [-0.2, 0) is 15.6 Å². The van der Waals surface area contributed by atoms with E-state index in [1.165, 1.54) is 24.3 Å². The molecule has 2 rings (SSSR count). The third kappa shape index (κ3) is 4.24. The van der Waals surface area contributed by atoms with E-state index in [0.717, 1.165) is 0 Å². The number of hydrogen-bond donors (Lipinski definition) is 0. The van der Waals surface area contributed by atoms with Crippen molar-refractivity contribution in [2.45, 2.75) is 37.8 Å². The summed E-state index contributed by atoms with van der Waals surface area (Å²) in [7, 11) is -3.73. The van der Waals surface area contributed by atoms with Crippen LogP contribution in [0, 0.1) is 12.7 Å². The zero-order valence-corrected chi connectivity index (χ0v) is 13.4. The van der Waals surface area contributed by atoms with Crippen molar-refractivity contribution in [2.75, 3.05) is 0 Å². The fourth-order valence-corrected chi connectivity index (χ4v) is 3.09. The normalized spacial score (nSPS) is 11.7. The predicted octanol–water partition coefficient (Wildman–Crippen LogP) is 2.69. The van der Waals surface area contributed by atoms with E-state index in [4.69, 9.17) is 4.74 Å². The van der Waals surface area contributed by atoms with E-state index < -0.39 is 15.7 Å². The summed E-state index contributed by atoms with van der Waals surface area (Å²) in [4.78, 5) is 7.94. The van der Waals surface area contributed by atoms with E-state index in [0.29, 0.717) is 11.3 Å². The molecule has 1 aromatic heterocycles. The van der Waals surface area contributed by atoms with Crippen LogP contribution in [0.2, 0.25) is 0 Å². The third-order valence-electron chi connectivity index (χ3n) is 2.71.